The maximum absolute atomic E-state index is 12.2. The first-order valence-electron chi connectivity index (χ1n) is 7.80. The number of rotatable bonds is 5. The van der Waals surface area contributed by atoms with Crippen molar-refractivity contribution >= 4 is 11.6 Å². The third-order valence-corrected chi connectivity index (χ3v) is 4.05. The van der Waals surface area contributed by atoms with Crippen LogP contribution in [0, 0.1) is 6.92 Å². The molecule has 1 aliphatic rings. The molecule has 1 aromatic rings. The Morgan fingerprint density at radius 3 is 2.70 bits per heavy atom. The highest BCUT2D eigenvalue weighted by Crippen LogP contribution is 2.18. The van der Waals surface area contributed by atoms with Crippen LogP contribution in [0.3, 0.4) is 0 Å². The zero-order chi connectivity index (χ0) is 14.4. The van der Waals surface area contributed by atoms with E-state index in [9.17, 15) is 4.79 Å². The summed E-state index contributed by atoms with van der Waals surface area (Å²) in [5.74, 6) is 0.153. The summed E-state index contributed by atoms with van der Waals surface area (Å²) in [6, 6.07) is 8.74. The molecule has 3 nitrogen and oxygen atoms in total. The van der Waals surface area contributed by atoms with Crippen molar-refractivity contribution in [2.24, 2.45) is 0 Å². The molecular formula is C17H26N2O. The van der Waals surface area contributed by atoms with Gasteiger partial charge in [0.05, 0.1) is 6.54 Å². The molecule has 0 aliphatic heterocycles. The molecule has 1 amide bonds. The van der Waals surface area contributed by atoms with Crippen molar-refractivity contribution in [1.82, 2.24) is 5.32 Å². The molecule has 3 heteroatoms. The Kier molecular flexibility index (Phi) is 5.45. The fraction of sp³-hybridized carbons (Fsp3) is 0.588. The van der Waals surface area contributed by atoms with E-state index in [0.717, 1.165) is 25.1 Å². The average Bonchev–Trinajstić information content (AvgIpc) is 2.46. The SMILES string of the molecule is CCN(CC(=O)NC1CCCCC1)c1cccc(C)c1. The Balaban J connectivity index is 1.90. The van der Waals surface area contributed by atoms with E-state index in [-0.39, 0.29) is 5.91 Å². The monoisotopic (exact) mass is 274 g/mol. The summed E-state index contributed by atoms with van der Waals surface area (Å²) >= 11 is 0. The molecule has 0 heterocycles. The Bertz CT molecular complexity index is 438. The number of hydrogen-bond donors (Lipinski definition) is 1. The average molecular weight is 274 g/mol. The van der Waals surface area contributed by atoms with Crippen molar-refractivity contribution in [1.29, 1.82) is 0 Å². The minimum atomic E-state index is 0.153. The zero-order valence-electron chi connectivity index (χ0n) is 12.7. The lowest BCUT2D eigenvalue weighted by Crippen LogP contribution is -2.43. The topological polar surface area (TPSA) is 32.3 Å². The standard InChI is InChI=1S/C17H26N2O/c1-3-19(16-11-7-8-14(2)12-16)13-17(20)18-15-9-5-4-6-10-15/h7-8,11-12,15H,3-6,9-10,13H2,1-2H3,(H,18,20). The van der Waals surface area contributed by atoms with Crippen LogP contribution in [0.5, 0.6) is 0 Å². The van der Waals surface area contributed by atoms with Gasteiger partial charge in [0, 0.05) is 18.3 Å². The second-order valence-electron chi connectivity index (χ2n) is 5.76. The molecule has 110 valence electrons. The number of carbonyl (C=O) groups excluding carboxylic acids is 1. The van der Waals surface area contributed by atoms with Gasteiger partial charge >= 0.3 is 0 Å². The van der Waals surface area contributed by atoms with Gasteiger partial charge in [0.1, 0.15) is 0 Å². The smallest absolute Gasteiger partial charge is 0.239 e. The number of likely N-dealkylation sites (N-methyl/N-ethyl adjacent to an activating group) is 1. The first-order chi connectivity index (χ1) is 9.69. The summed E-state index contributed by atoms with van der Waals surface area (Å²) in [4.78, 5) is 14.3. The number of nitrogens with zero attached hydrogens (tertiary/aromatic N) is 1. The van der Waals surface area contributed by atoms with Crippen LogP contribution in [0.4, 0.5) is 5.69 Å². The van der Waals surface area contributed by atoms with Crippen LogP contribution >= 0.6 is 0 Å². The van der Waals surface area contributed by atoms with Crippen LogP contribution in [0.25, 0.3) is 0 Å². The minimum absolute atomic E-state index is 0.153. The molecule has 20 heavy (non-hydrogen) atoms. The highest BCUT2D eigenvalue weighted by atomic mass is 16.2. The lowest BCUT2D eigenvalue weighted by Gasteiger charge is -2.26. The van der Waals surface area contributed by atoms with Crippen molar-refractivity contribution in [3.8, 4) is 0 Å². The van der Waals surface area contributed by atoms with Gasteiger partial charge in [-0.1, -0.05) is 31.4 Å². The fourth-order valence-electron chi connectivity index (χ4n) is 2.90. The van der Waals surface area contributed by atoms with Crippen molar-refractivity contribution in [2.75, 3.05) is 18.0 Å². The molecule has 1 fully saturated rings. The van der Waals surface area contributed by atoms with Gasteiger partial charge in [-0.15, -0.1) is 0 Å². The number of nitrogens with one attached hydrogen (secondary N) is 1. The van der Waals surface area contributed by atoms with Gasteiger partial charge in [-0.05, 0) is 44.4 Å². The zero-order valence-corrected chi connectivity index (χ0v) is 12.7. The third kappa shape index (κ3) is 4.26. The first kappa shape index (κ1) is 14.9. The van der Waals surface area contributed by atoms with Gasteiger partial charge in [0.2, 0.25) is 5.91 Å². The Hall–Kier alpha value is -1.51. The van der Waals surface area contributed by atoms with Crippen molar-refractivity contribution in [3.63, 3.8) is 0 Å². The number of aryl methyl sites for hydroxylation is 1. The molecule has 0 bridgehead atoms. The normalized spacial score (nSPS) is 15.9. The molecule has 0 aromatic heterocycles. The molecule has 1 N–H and O–H groups in total. The Labute approximate surface area is 122 Å². The van der Waals surface area contributed by atoms with Gasteiger partial charge < -0.3 is 10.2 Å². The first-order valence-corrected chi connectivity index (χ1v) is 7.80. The summed E-state index contributed by atoms with van der Waals surface area (Å²) in [7, 11) is 0. The van der Waals surface area contributed by atoms with E-state index >= 15 is 0 Å². The van der Waals surface area contributed by atoms with E-state index in [4.69, 9.17) is 0 Å². The van der Waals surface area contributed by atoms with E-state index in [1.54, 1.807) is 0 Å². The molecule has 0 spiro atoms. The van der Waals surface area contributed by atoms with Crippen LogP contribution in [-0.2, 0) is 4.79 Å². The lowest BCUT2D eigenvalue weighted by molar-refractivity contribution is -0.120. The molecule has 0 radical (unpaired) electrons. The van der Waals surface area contributed by atoms with Gasteiger partial charge in [0.15, 0.2) is 0 Å². The number of carbonyl (C=O) groups is 1. The maximum atomic E-state index is 12.2. The van der Waals surface area contributed by atoms with E-state index < -0.39 is 0 Å². The Morgan fingerprint density at radius 1 is 1.30 bits per heavy atom. The molecule has 0 saturated heterocycles. The van der Waals surface area contributed by atoms with E-state index in [1.807, 2.05) is 6.07 Å². The predicted octanol–water partition coefficient (Wildman–Crippen LogP) is 3.27. The highest BCUT2D eigenvalue weighted by Gasteiger charge is 2.17. The summed E-state index contributed by atoms with van der Waals surface area (Å²) in [6.45, 7) is 5.48. The molecular weight excluding hydrogens is 248 g/mol. The molecule has 1 aliphatic carbocycles. The maximum Gasteiger partial charge on any atom is 0.239 e. The van der Waals surface area contributed by atoms with Crippen LogP contribution < -0.4 is 10.2 Å². The summed E-state index contributed by atoms with van der Waals surface area (Å²) < 4.78 is 0. The summed E-state index contributed by atoms with van der Waals surface area (Å²) in [5, 5.41) is 3.19. The van der Waals surface area contributed by atoms with Gasteiger partial charge in [-0.2, -0.15) is 0 Å². The van der Waals surface area contributed by atoms with Crippen LogP contribution in [0.2, 0.25) is 0 Å². The van der Waals surface area contributed by atoms with Crippen molar-refractivity contribution in [3.05, 3.63) is 29.8 Å². The molecule has 0 unspecified atom stereocenters. The Morgan fingerprint density at radius 2 is 2.05 bits per heavy atom. The number of anilines is 1. The third-order valence-electron chi connectivity index (χ3n) is 4.05. The van der Waals surface area contributed by atoms with Gasteiger partial charge in [-0.3, -0.25) is 4.79 Å². The van der Waals surface area contributed by atoms with Crippen molar-refractivity contribution < 1.29 is 4.79 Å². The minimum Gasteiger partial charge on any atom is -0.362 e. The van der Waals surface area contributed by atoms with Gasteiger partial charge in [0.25, 0.3) is 0 Å². The summed E-state index contributed by atoms with van der Waals surface area (Å²) in [6.07, 6.45) is 6.10. The predicted molar refractivity (Wildman–Crippen MR) is 84.1 cm³/mol. The number of benzene rings is 1. The highest BCUT2D eigenvalue weighted by molar-refractivity contribution is 5.81. The second kappa shape index (κ2) is 7.32. The number of hydrogen-bond acceptors (Lipinski definition) is 2. The van der Waals surface area contributed by atoms with Crippen LogP contribution in [-0.4, -0.2) is 25.0 Å². The largest absolute Gasteiger partial charge is 0.362 e. The van der Waals surface area contributed by atoms with Crippen LogP contribution in [0.1, 0.15) is 44.6 Å². The van der Waals surface area contributed by atoms with E-state index in [2.05, 4.69) is 42.3 Å². The molecule has 1 aromatic carbocycles. The van der Waals surface area contributed by atoms with Crippen molar-refractivity contribution in [2.45, 2.75) is 52.0 Å². The van der Waals surface area contributed by atoms with E-state index in [1.165, 1.54) is 24.8 Å². The summed E-state index contributed by atoms with van der Waals surface area (Å²) in [5.41, 5.74) is 2.36. The second-order valence-corrected chi connectivity index (χ2v) is 5.76. The van der Waals surface area contributed by atoms with Crippen LogP contribution in [0.15, 0.2) is 24.3 Å². The van der Waals surface area contributed by atoms with E-state index in [0.29, 0.717) is 12.6 Å². The molecule has 2 rings (SSSR count). The van der Waals surface area contributed by atoms with Gasteiger partial charge in [-0.25, -0.2) is 0 Å². The molecule has 0 atom stereocenters. The molecule has 1 saturated carbocycles. The fourth-order valence-corrected chi connectivity index (χ4v) is 2.90. The quantitative estimate of drug-likeness (QED) is 0.893. The number of amides is 1. The lowest BCUT2D eigenvalue weighted by atomic mass is 9.95.